The number of hydrogen-bond donors (Lipinski definition) is 1. The molecule has 1 fully saturated rings. The Morgan fingerprint density at radius 2 is 2.00 bits per heavy atom. The van der Waals surface area contributed by atoms with Gasteiger partial charge in [-0.05, 0) is 37.6 Å². The number of rotatable bonds is 6. The van der Waals surface area contributed by atoms with Crippen molar-refractivity contribution in [1.29, 1.82) is 0 Å². The number of aryl methyl sites for hydroxylation is 1. The van der Waals surface area contributed by atoms with Crippen molar-refractivity contribution in [2.75, 3.05) is 6.54 Å². The molecule has 0 aliphatic heterocycles. The van der Waals surface area contributed by atoms with Gasteiger partial charge in [-0.15, -0.1) is 0 Å². The van der Waals surface area contributed by atoms with Gasteiger partial charge in [0.2, 0.25) is 5.89 Å². The summed E-state index contributed by atoms with van der Waals surface area (Å²) in [5.74, 6) is 2.26. The molecule has 1 saturated carbocycles. The molecule has 0 unspecified atom stereocenters. The van der Waals surface area contributed by atoms with Crippen molar-refractivity contribution >= 4 is 0 Å². The molecule has 0 radical (unpaired) electrons. The van der Waals surface area contributed by atoms with Crippen LogP contribution in [0, 0.1) is 5.41 Å². The highest BCUT2D eigenvalue weighted by Gasteiger charge is 2.23. The van der Waals surface area contributed by atoms with Crippen LogP contribution in [0.3, 0.4) is 0 Å². The maximum absolute atomic E-state index is 5.62. The van der Waals surface area contributed by atoms with E-state index < -0.39 is 0 Å². The van der Waals surface area contributed by atoms with E-state index in [1.54, 1.807) is 0 Å². The van der Waals surface area contributed by atoms with E-state index in [1.807, 2.05) is 0 Å². The summed E-state index contributed by atoms with van der Waals surface area (Å²) in [5, 5.41) is 4.13. The largest absolute Gasteiger partial charge is 0.339 e. The molecule has 1 heterocycles. The summed E-state index contributed by atoms with van der Waals surface area (Å²) in [7, 11) is 0. The number of nitrogens with two attached hydrogens (primary N) is 1. The molecule has 102 valence electrons. The Morgan fingerprint density at radius 3 is 2.67 bits per heavy atom. The molecule has 0 aromatic carbocycles. The third kappa shape index (κ3) is 3.55. The van der Waals surface area contributed by atoms with Gasteiger partial charge in [0.1, 0.15) is 0 Å². The lowest BCUT2D eigenvalue weighted by Crippen LogP contribution is -2.17. The van der Waals surface area contributed by atoms with E-state index >= 15 is 0 Å². The van der Waals surface area contributed by atoms with Gasteiger partial charge in [0.05, 0.1) is 0 Å². The lowest BCUT2D eigenvalue weighted by Gasteiger charge is -2.22. The van der Waals surface area contributed by atoms with E-state index in [9.17, 15) is 0 Å². The summed E-state index contributed by atoms with van der Waals surface area (Å²) in [6.45, 7) is 5.23. The topological polar surface area (TPSA) is 64.9 Å². The van der Waals surface area contributed by atoms with Gasteiger partial charge in [0.25, 0.3) is 0 Å². The highest BCUT2D eigenvalue weighted by molar-refractivity contribution is 4.98. The molecule has 2 N–H and O–H groups in total. The third-order valence-corrected chi connectivity index (χ3v) is 4.04. The molecule has 0 atom stereocenters. The molecular weight excluding hydrogens is 226 g/mol. The molecule has 0 amide bonds. The minimum absolute atomic E-state index is 0.261. The fourth-order valence-corrected chi connectivity index (χ4v) is 2.68. The average Bonchev–Trinajstić information content (AvgIpc) is 2.97. The summed E-state index contributed by atoms with van der Waals surface area (Å²) in [5.41, 5.74) is 5.88. The van der Waals surface area contributed by atoms with Crippen molar-refractivity contribution in [3.8, 4) is 0 Å². The van der Waals surface area contributed by atoms with E-state index in [1.165, 1.54) is 25.7 Å². The minimum atomic E-state index is 0.261. The highest BCUT2D eigenvalue weighted by atomic mass is 16.5. The SMILES string of the molecule is CC(C)(CCN)CCc1nc(C2CCCC2)no1. The van der Waals surface area contributed by atoms with Gasteiger partial charge in [-0.2, -0.15) is 4.98 Å². The highest BCUT2D eigenvalue weighted by Crippen LogP contribution is 2.32. The standard InChI is InChI=1S/C14H25N3O/c1-14(2,9-10-15)8-7-12-16-13(17-18-12)11-5-3-4-6-11/h11H,3-10,15H2,1-2H3. The second kappa shape index (κ2) is 5.83. The van der Waals surface area contributed by atoms with Crippen LogP contribution in [-0.2, 0) is 6.42 Å². The van der Waals surface area contributed by atoms with Crippen LogP contribution < -0.4 is 5.73 Å². The molecule has 1 aromatic rings. The zero-order valence-corrected chi connectivity index (χ0v) is 11.6. The monoisotopic (exact) mass is 251 g/mol. The van der Waals surface area contributed by atoms with Crippen LogP contribution in [0.2, 0.25) is 0 Å². The molecule has 1 aromatic heterocycles. The van der Waals surface area contributed by atoms with Crippen LogP contribution in [0.4, 0.5) is 0 Å². The molecule has 4 heteroatoms. The first-order valence-corrected chi connectivity index (χ1v) is 7.13. The molecule has 1 aliphatic rings. The second-order valence-corrected chi connectivity index (χ2v) is 6.23. The zero-order valence-electron chi connectivity index (χ0n) is 11.6. The van der Waals surface area contributed by atoms with Crippen LogP contribution >= 0.6 is 0 Å². The maximum Gasteiger partial charge on any atom is 0.226 e. The lowest BCUT2D eigenvalue weighted by molar-refractivity contribution is 0.288. The van der Waals surface area contributed by atoms with Gasteiger partial charge >= 0.3 is 0 Å². The van der Waals surface area contributed by atoms with Gasteiger partial charge in [-0.25, -0.2) is 0 Å². The third-order valence-electron chi connectivity index (χ3n) is 4.04. The summed E-state index contributed by atoms with van der Waals surface area (Å²) in [6.07, 6.45) is 8.01. The first-order chi connectivity index (χ1) is 8.61. The zero-order chi connectivity index (χ0) is 13.0. The van der Waals surface area contributed by atoms with Gasteiger partial charge in [-0.3, -0.25) is 0 Å². The quantitative estimate of drug-likeness (QED) is 0.844. The average molecular weight is 251 g/mol. The molecule has 0 saturated heterocycles. The van der Waals surface area contributed by atoms with Crippen LogP contribution in [0.15, 0.2) is 4.52 Å². The summed E-state index contributed by atoms with van der Waals surface area (Å²) in [6, 6.07) is 0. The smallest absolute Gasteiger partial charge is 0.226 e. The Labute approximate surface area is 109 Å². The fraction of sp³-hybridized carbons (Fsp3) is 0.857. The Kier molecular flexibility index (Phi) is 4.38. The first kappa shape index (κ1) is 13.5. The van der Waals surface area contributed by atoms with E-state index in [0.29, 0.717) is 5.92 Å². The van der Waals surface area contributed by atoms with E-state index in [2.05, 4.69) is 24.0 Å². The predicted molar refractivity (Wildman–Crippen MR) is 71.3 cm³/mol. The van der Waals surface area contributed by atoms with Crippen LogP contribution in [0.1, 0.15) is 70.0 Å². The number of aromatic nitrogens is 2. The van der Waals surface area contributed by atoms with Crippen LogP contribution in [0.5, 0.6) is 0 Å². The van der Waals surface area contributed by atoms with Gasteiger partial charge in [-0.1, -0.05) is 31.8 Å². The van der Waals surface area contributed by atoms with Gasteiger partial charge in [0.15, 0.2) is 5.82 Å². The normalized spacial score (nSPS) is 17.5. The minimum Gasteiger partial charge on any atom is -0.339 e. The molecule has 2 rings (SSSR count). The summed E-state index contributed by atoms with van der Waals surface area (Å²) >= 11 is 0. The number of hydrogen-bond acceptors (Lipinski definition) is 4. The fourth-order valence-electron chi connectivity index (χ4n) is 2.68. The molecule has 1 aliphatic carbocycles. The molecular formula is C14H25N3O. The number of nitrogens with zero attached hydrogens (tertiary/aromatic N) is 2. The van der Waals surface area contributed by atoms with Crippen molar-refractivity contribution in [3.63, 3.8) is 0 Å². The van der Waals surface area contributed by atoms with Crippen molar-refractivity contribution < 1.29 is 4.52 Å². The van der Waals surface area contributed by atoms with Crippen molar-refractivity contribution in [2.24, 2.45) is 11.1 Å². The predicted octanol–water partition coefficient (Wildman–Crippen LogP) is 3.03. The Balaban J connectivity index is 1.86. The first-order valence-electron chi connectivity index (χ1n) is 7.13. The molecule has 0 bridgehead atoms. The molecule has 18 heavy (non-hydrogen) atoms. The van der Waals surface area contributed by atoms with E-state index in [-0.39, 0.29) is 5.41 Å². The second-order valence-electron chi connectivity index (χ2n) is 6.23. The Hall–Kier alpha value is -0.900. The summed E-state index contributed by atoms with van der Waals surface area (Å²) in [4.78, 5) is 4.55. The maximum atomic E-state index is 5.62. The Morgan fingerprint density at radius 1 is 1.28 bits per heavy atom. The molecule has 0 spiro atoms. The van der Waals surface area contributed by atoms with Gasteiger partial charge in [0, 0.05) is 12.3 Å². The van der Waals surface area contributed by atoms with Crippen molar-refractivity contribution in [3.05, 3.63) is 11.7 Å². The Bertz CT molecular complexity index is 367. The van der Waals surface area contributed by atoms with Gasteiger partial charge < -0.3 is 10.3 Å². The van der Waals surface area contributed by atoms with Crippen molar-refractivity contribution in [2.45, 2.75) is 64.7 Å². The van der Waals surface area contributed by atoms with E-state index in [0.717, 1.165) is 37.5 Å². The van der Waals surface area contributed by atoms with E-state index in [4.69, 9.17) is 10.3 Å². The summed E-state index contributed by atoms with van der Waals surface area (Å²) < 4.78 is 5.36. The van der Waals surface area contributed by atoms with Crippen LogP contribution in [0.25, 0.3) is 0 Å². The van der Waals surface area contributed by atoms with Crippen molar-refractivity contribution in [1.82, 2.24) is 10.1 Å². The molecule has 4 nitrogen and oxygen atoms in total. The van der Waals surface area contributed by atoms with Crippen LogP contribution in [-0.4, -0.2) is 16.7 Å². The lowest BCUT2D eigenvalue weighted by atomic mass is 9.84.